The van der Waals surface area contributed by atoms with Crippen LogP contribution < -0.4 is 5.32 Å². The number of likely N-dealkylation sites (tertiary alicyclic amines) is 1. The van der Waals surface area contributed by atoms with Crippen LogP contribution in [0.2, 0.25) is 0 Å². The smallest absolute Gasteiger partial charge is 0.0331 e. The number of rotatable bonds is 10. The van der Waals surface area contributed by atoms with E-state index < -0.39 is 0 Å². The quantitative estimate of drug-likeness (QED) is 0.597. The molecule has 2 unspecified atom stereocenters. The van der Waals surface area contributed by atoms with E-state index in [-0.39, 0.29) is 0 Å². The Bertz CT molecular complexity index is 223. The van der Waals surface area contributed by atoms with Crippen LogP contribution in [0.25, 0.3) is 0 Å². The highest BCUT2D eigenvalue weighted by Crippen LogP contribution is 2.30. The van der Waals surface area contributed by atoms with Gasteiger partial charge in [0.1, 0.15) is 0 Å². The average Bonchev–Trinajstić information content (AvgIpc) is 2.96. The van der Waals surface area contributed by atoms with Gasteiger partial charge in [0, 0.05) is 11.6 Å². The highest BCUT2D eigenvalue weighted by atomic mass is 15.2. The molecule has 2 nitrogen and oxygen atoms in total. The zero-order valence-electron chi connectivity index (χ0n) is 13.8. The third-order valence-corrected chi connectivity index (χ3v) is 5.03. The molecule has 19 heavy (non-hydrogen) atoms. The van der Waals surface area contributed by atoms with Gasteiger partial charge in [-0.1, -0.05) is 40.0 Å². The molecule has 0 spiro atoms. The van der Waals surface area contributed by atoms with Crippen molar-refractivity contribution in [2.75, 3.05) is 19.6 Å². The molecule has 1 saturated heterocycles. The number of unbranched alkanes of at least 4 members (excludes halogenated alkanes) is 2. The second-order valence-electron chi connectivity index (χ2n) is 6.41. The summed E-state index contributed by atoms with van der Waals surface area (Å²) < 4.78 is 0. The van der Waals surface area contributed by atoms with E-state index in [1.807, 2.05) is 0 Å². The molecule has 0 bridgehead atoms. The highest BCUT2D eigenvalue weighted by Gasteiger charge is 2.38. The van der Waals surface area contributed by atoms with Crippen LogP contribution in [0.15, 0.2) is 0 Å². The highest BCUT2D eigenvalue weighted by molar-refractivity contribution is 4.97. The van der Waals surface area contributed by atoms with Gasteiger partial charge in [-0.15, -0.1) is 0 Å². The summed E-state index contributed by atoms with van der Waals surface area (Å²) >= 11 is 0. The summed E-state index contributed by atoms with van der Waals surface area (Å²) in [6.45, 7) is 13.2. The molecule has 1 heterocycles. The molecule has 1 rings (SSSR count). The fourth-order valence-corrected chi connectivity index (χ4v) is 3.47. The van der Waals surface area contributed by atoms with Crippen LogP contribution >= 0.6 is 0 Å². The maximum absolute atomic E-state index is 3.86. The maximum atomic E-state index is 3.86. The first-order valence-electron chi connectivity index (χ1n) is 8.67. The lowest BCUT2D eigenvalue weighted by Gasteiger charge is -2.45. The van der Waals surface area contributed by atoms with Crippen molar-refractivity contribution in [1.29, 1.82) is 0 Å². The van der Waals surface area contributed by atoms with Crippen LogP contribution in [-0.4, -0.2) is 36.1 Å². The summed E-state index contributed by atoms with van der Waals surface area (Å²) in [6.07, 6.45) is 10.7. The number of hydrogen-bond acceptors (Lipinski definition) is 2. The van der Waals surface area contributed by atoms with E-state index in [0.717, 1.165) is 0 Å². The molecule has 2 atom stereocenters. The lowest BCUT2D eigenvalue weighted by molar-refractivity contribution is 0.0791. The van der Waals surface area contributed by atoms with Gasteiger partial charge in [-0.3, -0.25) is 4.90 Å². The van der Waals surface area contributed by atoms with Crippen LogP contribution in [0.5, 0.6) is 0 Å². The van der Waals surface area contributed by atoms with Gasteiger partial charge in [0.2, 0.25) is 0 Å². The van der Waals surface area contributed by atoms with Crippen molar-refractivity contribution >= 4 is 0 Å². The lowest BCUT2D eigenvalue weighted by Crippen LogP contribution is -2.58. The van der Waals surface area contributed by atoms with Crippen LogP contribution in [0.1, 0.15) is 79.1 Å². The Morgan fingerprint density at radius 1 is 1.05 bits per heavy atom. The minimum Gasteiger partial charge on any atom is -0.312 e. The van der Waals surface area contributed by atoms with E-state index in [1.165, 1.54) is 71.0 Å². The van der Waals surface area contributed by atoms with Crippen molar-refractivity contribution in [2.45, 2.75) is 90.6 Å². The molecule has 114 valence electrons. The van der Waals surface area contributed by atoms with Crippen molar-refractivity contribution < 1.29 is 0 Å². The van der Waals surface area contributed by atoms with Crippen molar-refractivity contribution in [2.24, 2.45) is 0 Å². The molecule has 1 aliphatic rings. The topological polar surface area (TPSA) is 15.3 Å². The van der Waals surface area contributed by atoms with Crippen LogP contribution in [0.3, 0.4) is 0 Å². The number of nitrogens with zero attached hydrogens (tertiary/aromatic N) is 1. The minimum atomic E-state index is 0.361. The first-order valence-corrected chi connectivity index (χ1v) is 8.67. The first-order chi connectivity index (χ1) is 9.19. The summed E-state index contributed by atoms with van der Waals surface area (Å²) in [5.41, 5.74) is 0.361. The Morgan fingerprint density at radius 3 is 2.26 bits per heavy atom. The largest absolute Gasteiger partial charge is 0.312 e. The van der Waals surface area contributed by atoms with Gasteiger partial charge in [-0.05, 0) is 58.7 Å². The molecule has 0 amide bonds. The molecule has 0 aromatic carbocycles. The molecule has 0 aromatic rings. The van der Waals surface area contributed by atoms with E-state index in [4.69, 9.17) is 0 Å². The SMILES string of the molecule is CCCCCC(NCCC)C(C)(CC)N1CCCC1. The molecule has 0 aromatic heterocycles. The molecular formula is C17H36N2. The minimum absolute atomic E-state index is 0.361. The number of hydrogen-bond donors (Lipinski definition) is 1. The predicted octanol–water partition coefficient (Wildman–Crippen LogP) is 4.20. The van der Waals surface area contributed by atoms with Crippen LogP contribution in [0, 0.1) is 0 Å². The van der Waals surface area contributed by atoms with E-state index in [1.54, 1.807) is 0 Å². The van der Waals surface area contributed by atoms with E-state index >= 15 is 0 Å². The molecule has 2 heteroatoms. The van der Waals surface area contributed by atoms with Crippen LogP contribution in [0.4, 0.5) is 0 Å². The fourth-order valence-electron chi connectivity index (χ4n) is 3.47. The molecule has 1 aliphatic heterocycles. The zero-order valence-corrected chi connectivity index (χ0v) is 13.8. The average molecular weight is 268 g/mol. The summed E-state index contributed by atoms with van der Waals surface area (Å²) in [5, 5.41) is 3.86. The first kappa shape index (κ1) is 17.0. The van der Waals surface area contributed by atoms with Gasteiger partial charge in [0.05, 0.1) is 0 Å². The zero-order chi connectivity index (χ0) is 14.1. The van der Waals surface area contributed by atoms with Gasteiger partial charge in [0.15, 0.2) is 0 Å². The van der Waals surface area contributed by atoms with Crippen molar-refractivity contribution in [3.8, 4) is 0 Å². The molecular weight excluding hydrogens is 232 g/mol. The van der Waals surface area contributed by atoms with Gasteiger partial charge >= 0.3 is 0 Å². The van der Waals surface area contributed by atoms with E-state index in [9.17, 15) is 0 Å². The van der Waals surface area contributed by atoms with Crippen molar-refractivity contribution in [3.05, 3.63) is 0 Å². The molecule has 0 saturated carbocycles. The Hall–Kier alpha value is -0.0800. The second kappa shape index (κ2) is 8.97. The van der Waals surface area contributed by atoms with Gasteiger partial charge in [-0.2, -0.15) is 0 Å². The Labute approximate surface area is 121 Å². The summed E-state index contributed by atoms with van der Waals surface area (Å²) in [4.78, 5) is 2.76. The molecule has 0 radical (unpaired) electrons. The Kier molecular flexibility index (Phi) is 8.01. The Balaban J connectivity index is 2.65. The lowest BCUT2D eigenvalue weighted by atomic mass is 9.84. The van der Waals surface area contributed by atoms with E-state index in [2.05, 4.69) is 37.9 Å². The third-order valence-electron chi connectivity index (χ3n) is 5.03. The van der Waals surface area contributed by atoms with Crippen molar-refractivity contribution in [1.82, 2.24) is 10.2 Å². The summed E-state index contributed by atoms with van der Waals surface area (Å²) in [7, 11) is 0. The van der Waals surface area contributed by atoms with Crippen LogP contribution in [-0.2, 0) is 0 Å². The summed E-state index contributed by atoms with van der Waals surface area (Å²) in [6, 6.07) is 0.669. The van der Waals surface area contributed by atoms with Gasteiger partial charge < -0.3 is 5.32 Å². The maximum Gasteiger partial charge on any atom is 0.0331 e. The third kappa shape index (κ3) is 4.75. The fraction of sp³-hybridized carbons (Fsp3) is 1.00. The standard InChI is InChI=1S/C17H36N2/c1-5-8-9-12-16(18-13-6-2)17(4,7-3)19-14-10-11-15-19/h16,18H,5-15H2,1-4H3. The normalized spacial score (nSPS) is 21.5. The molecule has 0 aliphatic carbocycles. The van der Waals surface area contributed by atoms with Crippen molar-refractivity contribution in [3.63, 3.8) is 0 Å². The summed E-state index contributed by atoms with van der Waals surface area (Å²) in [5.74, 6) is 0. The monoisotopic (exact) mass is 268 g/mol. The second-order valence-corrected chi connectivity index (χ2v) is 6.41. The predicted molar refractivity (Wildman–Crippen MR) is 85.7 cm³/mol. The number of nitrogens with one attached hydrogen (secondary N) is 1. The molecule has 1 N–H and O–H groups in total. The van der Waals surface area contributed by atoms with Gasteiger partial charge in [0.25, 0.3) is 0 Å². The van der Waals surface area contributed by atoms with Gasteiger partial charge in [-0.25, -0.2) is 0 Å². The molecule has 1 fully saturated rings. The Morgan fingerprint density at radius 2 is 1.74 bits per heavy atom. The van der Waals surface area contributed by atoms with E-state index in [0.29, 0.717) is 11.6 Å².